The van der Waals surface area contributed by atoms with Gasteiger partial charge in [-0.3, -0.25) is 4.79 Å². The monoisotopic (exact) mass is 467 g/mol. The second-order valence-electron chi connectivity index (χ2n) is 8.96. The Bertz CT molecular complexity index is 1410. The van der Waals surface area contributed by atoms with Crippen molar-refractivity contribution in [3.05, 3.63) is 78.8 Å². The van der Waals surface area contributed by atoms with Crippen LogP contribution in [-0.2, 0) is 4.79 Å². The van der Waals surface area contributed by atoms with E-state index in [9.17, 15) is 4.79 Å². The van der Waals surface area contributed by atoms with Gasteiger partial charge in [-0.2, -0.15) is 0 Å². The zero-order chi connectivity index (χ0) is 24.5. The van der Waals surface area contributed by atoms with Gasteiger partial charge in [0.15, 0.2) is 0 Å². The first kappa shape index (κ1) is 22.7. The minimum Gasteiger partial charge on any atom is -0.457 e. The van der Waals surface area contributed by atoms with E-state index in [1.807, 2.05) is 47.4 Å². The number of aromatic nitrogens is 3. The Morgan fingerprint density at radius 2 is 1.94 bits per heavy atom. The maximum absolute atomic E-state index is 12.3. The van der Waals surface area contributed by atoms with E-state index >= 15 is 0 Å². The highest BCUT2D eigenvalue weighted by atomic mass is 16.5. The van der Waals surface area contributed by atoms with Crippen LogP contribution in [0.3, 0.4) is 0 Å². The number of nitrogens with two attached hydrogens (primary N) is 1. The van der Waals surface area contributed by atoms with Crippen molar-refractivity contribution in [2.45, 2.75) is 32.7 Å². The molecule has 35 heavy (non-hydrogen) atoms. The van der Waals surface area contributed by atoms with Crippen LogP contribution in [0.1, 0.15) is 30.1 Å². The molecule has 1 fully saturated rings. The molecule has 2 aromatic carbocycles. The van der Waals surface area contributed by atoms with Gasteiger partial charge in [-0.15, -0.1) is 0 Å². The normalized spacial score (nSPS) is 15.8. The topological polar surface area (TPSA) is 86.3 Å². The van der Waals surface area contributed by atoms with Crippen molar-refractivity contribution in [3.63, 3.8) is 0 Å². The van der Waals surface area contributed by atoms with E-state index in [1.165, 1.54) is 12.4 Å². The largest absolute Gasteiger partial charge is 0.457 e. The molecule has 1 aliphatic rings. The number of benzene rings is 2. The van der Waals surface area contributed by atoms with Crippen LogP contribution in [0.4, 0.5) is 5.82 Å². The third kappa shape index (κ3) is 4.14. The SMILES string of the molecule is C=CC(=O)N1CCC[C@@H](n2c(C)c(-c3ccc(Oc4ccccc4)cc3C)c3c(N)ncnc32)C1. The van der Waals surface area contributed by atoms with Crippen LogP contribution in [-0.4, -0.2) is 38.4 Å². The molecule has 1 amide bonds. The molecule has 1 aliphatic heterocycles. The molecule has 7 nitrogen and oxygen atoms in total. The molecule has 178 valence electrons. The number of likely N-dealkylation sites (tertiary alicyclic amines) is 1. The second kappa shape index (κ2) is 9.25. The summed E-state index contributed by atoms with van der Waals surface area (Å²) in [5.74, 6) is 1.98. The molecule has 4 aromatic rings. The summed E-state index contributed by atoms with van der Waals surface area (Å²) >= 11 is 0. The van der Waals surface area contributed by atoms with Gasteiger partial charge in [0.1, 0.15) is 29.3 Å². The summed E-state index contributed by atoms with van der Waals surface area (Å²) in [6.07, 6.45) is 4.77. The number of hydrogen-bond donors (Lipinski definition) is 1. The van der Waals surface area contributed by atoms with Crippen LogP contribution in [0.15, 0.2) is 67.5 Å². The second-order valence-corrected chi connectivity index (χ2v) is 8.96. The Labute approximate surface area is 204 Å². The average Bonchev–Trinajstić information content (AvgIpc) is 3.17. The molecule has 0 saturated carbocycles. The summed E-state index contributed by atoms with van der Waals surface area (Å²) in [6, 6.07) is 15.9. The Balaban J connectivity index is 1.59. The predicted molar refractivity (Wildman–Crippen MR) is 138 cm³/mol. The van der Waals surface area contributed by atoms with E-state index in [2.05, 4.69) is 41.0 Å². The number of nitrogen functional groups attached to an aromatic ring is 1. The number of carbonyl (C=O) groups excluding carboxylic acids is 1. The van der Waals surface area contributed by atoms with Crippen molar-refractivity contribution in [3.8, 4) is 22.6 Å². The van der Waals surface area contributed by atoms with Gasteiger partial charge in [0.05, 0.1) is 11.4 Å². The van der Waals surface area contributed by atoms with Crippen LogP contribution in [0.25, 0.3) is 22.2 Å². The Hall–Kier alpha value is -4.13. The number of ether oxygens (including phenoxy) is 1. The molecule has 0 aliphatic carbocycles. The third-order valence-corrected chi connectivity index (χ3v) is 6.75. The standard InChI is InChI=1S/C28H29N5O2/c1-4-24(34)32-14-8-9-20(16-32)33-19(3)25(26-27(29)30-17-31-28(26)33)23-13-12-22(15-18(23)2)35-21-10-6-5-7-11-21/h4-7,10-13,15,17,20H,1,8-9,14,16H2,2-3H3,(H2,29,30,31)/t20-/m1/s1. The first-order chi connectivity index (χ1) is 17.0. The molecule has 2 N–H and O–H groups in total. The van der Waals surface area contributed by atoms with Crippen LogP contribution in [0.2, 0.25) is 0 Å². The molecule has 7 heteroatoms. The predicted octanol–water partition coefficient (Wildman–Crippen LogP) is 5.44. The lowest BCUT2D eigenvalue weighted by Crippen LogP contribution is -2.40. The quantitative estimate of drug-likeness (QED) is 0.395. The van der Waals surface area contributed by atoms with Crippen molar-refractivity contribution in [1.29, 1.82) is 0 Å². The zero-order valence-corrected chi connectivity index (χ0v) is 20.1. The van der Waals surface area contributed by atoms with Crippen molar-refractivity contribution in [1.82, 2.24) is 19.4 Å². The van der Waals surface area contributed by atoms with Crippen LogP contribution in [0.5, 0.6) is 11.5 Å². The number of hydrogen-bond acceptors (Lipinski definition) is 5. The highest BCUT2D eigenvalue weighted by molar-refractivity contribution is 6.03. The molecule has 0 radical (unpaired) electrons. The van der Waals surface area contributed by atoms with Gasteiger partial charge in [-0.05, 0) is 68.2 Å². The molecule has 1 atom stereocenters. The summed E-state index contributed by atoms with van der Waals surface area (Å²) in [5.41, 5.74) is 11.4. The van der Waals surface area contributed by atoms with Gasteiger partial charge in [-0.1, -0.05) is 30.8 Å². The summed E-state index contributed by atoms with van der Waals surface area (Å²) in [7, 11) is 0. The van der Waals surface area contributed by atoms with Crippen molar-refractivity contribution in [2.24, 2.45) is 0 Å². The molecule has 1 saturated heterocycles. The van der Waals surface area contributed by atoms with E-state index in [1.54, 1.807) is 0 Å². The Kier molecular flexibility index (Phi) is 5.99. The highest BCUT2D eigenvalue weighted by Crippen LogP contribution is 2.41. The summed E-state index contributed by atoms with van der Waals surface area (Å²) < 4.78 is 8.27. The number of piperidine rings is 1. The number of aryl methyl sites for hydroxylation is 1. The molecule has 0 spiro atoms. The fourth-order valence-corrected chi connectivity index (χ4v) is 5.15. The van der Waals surface area contributed by atoms with Gasteiger partial charge >= 0.3 is 0 Å². The average molecular weight is 468 g/mol. The first-order valence-electron chi connectivity index (χ1n) is 11.8. The van der Waals surface area contributed by atoms with Gasteiger partial charge in [-0.25, -0.2) is 9.97 Å². The maximum Gasteiger partial charge on any atom is 0.246 e. The van der Waals surface area contributed by atoms with Gasteiger partial charge in [0, 0.05) is 24.3 Å². The number of fused-ring (bicyclic) bond motifs is 1. The number of carbonyl (C=O) groups is 1. The van der Waals surface area contributed by atoms with E-state index in [-0.39, 0.29) is 11.9 Å². The summed E-state index contributed by atoms with van der Waals surface area (Å²) in [6.45, 7) is 9.17. The third-order valence-electron chi connectivity index (χ3n) is 6.75. The maximum atomic E-state index is 12.3. The minimum absolute atomic E-state index is 0.0389. The van der Waals surface area contributed by atoms with Crippen molar-refractivity contribution < 1.29 is 9.53 Å². The first-order valence-corrected chi connectivity index (χ1v) is 11.8. The van der Waals surface area contributed by atoms with Crippen molar-refractivity contribution in [2.75, 3.05) is 18.8 Å². The van der Waals surface area contributed by atoms with Crippen molar-refractivity contribution >= 4 is 22.8 Å². The molecule has 2 aromatic heterocycles. The minimum atomic E-state index is -0.0389. The number of anilines is 1. The number of amides is 1. The molecule has 0 unspecified atom stereocenters. The Morgan fingerprint density at radius 3 is 2.69 bits per heavy atom. The van der Waals surface area contributed by atoms with Gasteiger partial charge < -0.3 is 19.9 Å². The lowest BCUT2D eigenvalue weighted by molar-refractivity contribution is -0.127. The van der Waals surface area contributed by atoms with Gasteiger partial charge in [0.25, 0.3) is 0 Å². The Morgan fingerprint density at radius 1 is 1.14 bits per heavy atom. The van der Waals surface area contributed by atoms with Crippen LogP contribution in [0, 0.1) is 13.8 Å². The van der Waals surface area contributed by atoms with E-state index in [4.69, 9.17) is 10.5 Å². The molecular weight excluding hydrogens is 438 g/mol. The highest BCUT2D eigenvalue weighted by Gasteiger charge is 2.29. The fraction of sp³-hybridized carbons (Fsp3) is 0.250. The van der Waals surface area contributed by atoms with Gasteiger partial charge in [0.2, 0.25) is 5.91 Å². The summed E-state index contributed by atoms with van der Waals surface area (Å²) in [5, 5.41) is 0.844. The summed E-state index contributed by atoms with van der Waals surface area (Å²) in [4.78, 5) is 23.1. The molecule has 3 heterocycles. The smallest absolute Gasteiger partial charge is 0.246 e. The number of nitrogens with zero attached hydrogens (tertiary/aromatic N) is 4. The lowest BCUT2D eigenvalue weighted by atomic mass is 9.98. The molecule has 0 bridgehead atoms. The van der Waals surface area contributed by atoms with Crippen LogP contribution >= 0.6 is 0 Å². The number of rotatable bonds is 5. The van der Waals surface area contributed by atoms with E-state index in [0.717, 1.165) is 64.3 Å². The zero-order valence-electron chi connectivity index (χ0n) is 20.1. The van der Waals surface area contributed by atoms with E-state index in [0.29, 0.717) is 12.4 Å². The van der Waals surface area contributed by atoms with Crippen LogP contribution < -0.4 is 10.5 Å². The fourth-order valence-electron chi connectivity index (χ4n) is 5.15. The molecule has 5 rings (SSSR count). The number of para-hydroxylation sites is 1. The molecular formula is C28H29N5O2. The lowest BCUT2D eigenvalue weighted by Gasteiger charge is -2.34. The van der Waals surface area contributed by atoms with E-state index < -0.39 is 0 Å².